The van der Waals surface area contributed by atoms with Gasteiger partial charge in [0, 0.05) is 13.1 Å². The molecule has 2 unspecified atom stereocenters. The molecule has 112 valence electrons. The summed E-state index contributed by atoms with van der Waals surface area (Å²) in [5, 5.41) is 3.27. The van der Waals surface area contributed by atoms with Gasteiger partial charge in [0.1, 0.15) is 5.54 Å². The molecule has 1 saturated heterocycles. The highest BCUT2D eigenvalue weighted by atomic mass is 16.5. The summed E-state index contributed by atoms with van der Waals surface area (Å²) >= 11 is 0. The van der Waals surface area contributed by atoms with Crippen LogP contribution in [0.2, 0.25) is 0 Å². The molecule has 4 heteroatoms. The number of nitrogens with zero attached hydrogens (tertiary/aromatic N) is 1. The van der Waals surface area contributed by atoms with Crippen LogP contribution in [0.3, 0.4) is 0 Å². The maximum Gasteiger partial charge on any atom is 0.327 e. The minimum atomic E-state index is -0.601. The van der Waals surface area contributed by atoms with E-state index in [-0.39, 0.29) is 5.97 Å². The Kier molecular flexibility index (Phi) is 5.39. The van der Waals surface area contributed by atoms with E-state index in [4.69, 9.17) is 4.74 Å². The summed E-state index contributed by atoms with van der Waals surface area (Å²) in [5.41, 5.74) is -0.259. The first-order valence-corrected chi connectivity index (χ1v) is 7.28. The van der Waals surface area contributed by atoms with E-state index in [1.54, 1.807) is 0 Å². The zero-order chi connectivity index (χ0) is 14.7. The number of esters is 1. The molecule has 1 fully saturated rings. The Balaban J connectivity index is 2.65. The van der Waals surface area contributed by atoms with Crippen molar-refractivity contribution in [2.45, 2.75) is 46.6 Å². The third-order valence-electron chi connectivity index (χ3n) is 4.24. The fraction of sp³-hybridized carbons (Fsp3) is 0.933. The molecule has 19 heavy (non-hydrogen) atoms. The molecule has 1 rings (SSSR count). The molecule has 1 heterocycles. The van der Waals surface area contributed by atoms with Gasteiger partial charge < -0.3 is 15.0 Å². The van der Waals surface area contributed by atoms with Gasteiger partial charge in [-0.05, 0) is 37.8 Å². The summed E-state index contributed by atoms with van der Waals surface area (Å²) in [6.45, 7) is 14.5. The van der Waals surface area contributed by atoms with Crippen LogP contribution in [-0.4, -0.2) is 49.7 Å². The molecular formula is C15H30N2O2. The molecule has 1 aliphatic rings. The second-order valence-corrected chi connectivity index (χ2v) is 6.94. The Morgan fingerprint density at radius 3 is 2.42 bits per heavy atom. The second-order valence-electron chi connectivity index (χ2n) is 6.94. The molecule has 0 saturated carbocycles. The first-order chi connectivity index (χ1) is 8.73. The average molecular weight is 270 g/mol. The van der Waals surface area contributed by atoms with E-state index >= 15 is 0 Å². The smallest absolute Gasteiger partial charge is 0.327 e. The molecule has 0 spiro atoms. The van der Waals surface area contributed by atoms with Gasteiger partial charge in [0.2, 0.25) is 0 Å². The first-order valence-electron chi connectivity index (χ1n) is 7.28. The summed E-state index contributed by atoms with van der Waals surface area (Å²) in [6, 6.07) is 0. The average Bonchev–Trinajstić information content (AvgIpc) is 2.76. The largest absolute Gasteiger partial charge is 0.468 e. The lowest BCUT2D eigenvalue weighted by atomic mass is 9.80. The minimum Gasteiger partial charge on any atom is -0.468 e. The Bertz CT molecular complexity index is 312. The molecule has 0 bridgehead atoms. The van der Waals surface area contributed by atoms with Crippen LogP contribution in [0, 0.1) is 11.3 Å². The van der Waals surface area contributed by atoms with Crippen LogP contribution in [0.4, 0.5) is 0 Å². The number of likely N-dealkylation sites (N-methyl/N-ethyl adjacent to an activating group) is 1. The fourth-order valence-corrected chi connectivity index (χ4v) is 2.94. The summed E-state index contributed by atoms with van der Waals surface area (Å²) < 4.78 is 4.94. The zero-order valence-electron chi connectivity index (χ0n) is 13.4. The number of rotatable bonds is 5. The number of carbonyl (C=O) groups excluding carboxylic acids is 1. The standard InChI is InChI=1S/C15H30N2O2/c1-7-16-15(5,13(18)19-6)11-17-9-8-12(10-17)14(2,3)4/h12,16H,7-11H2,1-6H3. The Morgan fingerprint density at radius 1 is 1.37 bits per heavy atom. The number of methoxy groups -OCH3 is 1. The molecule has 0 aromatic rings. The van der Waals surface area contributed by atoms with Crippen molar-refractivity contribution in [3.05, 3.63) is 0 Å². The van der Waals surface area contributed by atoms with Crippen LogP contribution in [-0.2, 0) is 9.53 Å². The number of ether oxygens (including phenoxy) is 1. The molecule has 4 nitrogen and oxygen atoms in total. The summed E-state index contributed by atoms with van der Waals surface area (Å²) in [7, 11) is 1.46. The summed E-state index contributed by atoms with van der Waals surface area (Å²) in [4.78, 5) is 14.4. The molecule has 0 aliphatic carbocycles. The monoisotopic (exact) mass is 270 g/mol. The molecule has 0 aromatic heterocycles. The zero-order valence-corrected chi connectivity index (χ0v) is 13.4. The quantitative estimate of drug-likeness (QED) is 0.775. The second kappa shape index (κ2) is 6.23. The van der Waals surface area contributed by atoms with Crippen molar-refractivity contribution < 1.29 is 9.53 Å². The van der Waals surface area contributed by atoms with E-state index in [2.05, 4.69) is 31.0 Å². The van der Waals surface area contributed by atoms with Gasteiger partial charge >= 0.3 is 5.97 Å². The number of hydrogen-bond donors (Lipinski definition) is 1. The Morgan fingerprint density at radius 2 is 2.00 bits per heavy atom. The molecule has 0 amide bonds. The summed E-state index contributed by atoms with van der Waals surface area (Å²) in [5.74, 6) is 0.532. The molecule has 1 N–H and O–H groups in total. The van der Waals surface area contributed by atoms with Crippen molar-refractivity contribution in [2.75, 3.05) is 33.3 Å². The van der Waals surface area contributed by atoms with E-state index in [9.17, 15) is 4.79 Å². The Hall–Kier alpha value is -0.610. The summed E-state index contributed by atoms with van der Waals surface area (Å²) in [6.07, 6.45) is 1.22. The van der Waals surface area contributed by atoms with Crippen LogP contribution in [0.1, 0.15) is 41.0 Å². The molecule has 0 radical (unpaired) electrons. The van der Waals surface area contributed by atoms with Crippen LogP contribution < -0.4 is 5.32 Å². The van der Waals surface area contributed by atoms with Crippen LogP contribution in [0.25, 0.3) is 0 Å². The van der Waals surface area contributed by atoms with Crippen molar-refractivity contribution in [3.8, 4) is 0 Å². The molecule has 0 aromatic carbocycles. The van der Waals surface area contributed by atoms with E-state index in [0.29, 0.717) is 11.3 Å². The SMILES string of the molecule is CCNC(C)(CN1CCC(C(C)(C)C)C1)C(=O)OC. The van der Waals surface area contributed by atoms with Crippen molar-refractivity contribution in [3.63, 3.8) is 0 Å². The highest BCUT2D eigenvalue weighted by Gasteiger charge is 2.39. The van der Waals surface area contributed by atoms with Crippen LogP contribution in [0.15, 0.2) is 0 Å². The maximum atomic E-state index is 12.0. The number of carbonyl (C=O) groups is 1. The molecule has 1 aliphatic heterocycles. The lowest BCUT2D eigenvalue weighted by Gasteiger charge is -2.33. The molecule has 2 atom stereocenters. The number of hydrogen-bond acceptors (Lipinski definition) is 4. The van der Waals surface area contributed by atoms with Crippen LogP contribution >= 0.6 is 0 Å². The lowest BCUT2D eigenvalue weighted by Crippen LogP contribution is -2.57. The van der Waals surface area contributed by atoms with Crippen molar-refractivity contribution >= 4 is 5.97 Å². The maximum absolute atomic E-state index is 12.0. The highest BCUT2D eigenvalue weighted by Crippen LogP contribution is 2.34. The van der Waals surface area contributed by atoms with Gasteiger partial charge in [-0.3, -0.25) is 4.79 Å². The normalized spacial score (nSPS) is 24.2. The Labute approximate surface area is 117 Å². The van der Waals surface area contributed by atoms with Gasteiger partial charge in [-0.25, -0.2) is 0 Å². The van der Waals surface area contributed by atoms with E-state index in [1.165, 1.54) is 13.5 Å². The van der Waals surface area contributed by atoms with E-state index in [1.807, 2.05) is 13.8 Å². The van der Waals surface area contributed by atoms with E-state index < -0.39 is 5.54 Å². The number of likely N-dealkylation sites (tertiary alicyclic amines) is 1. The minimum absolute atomic E-state index is 0.173. The van der Waals surface area contributed by atoms with Crippen molar-refractivity contribution in [1.29, 1.82) is 0 Å². The van der Waals surface area contributed by atoms with Gasteiger partial charge in [0.25, 0.3) is 0 Å². The predicted molar refractivity (Wildman–Crippen MR) is 78.1 cm³/mol. The van der Waals surface area contributed by atoms with Crippen molar-refractivity contribution in [1.82, 2.24) is 10.2 Å². The lowest BCUT2D eigenvalue weighted by molar-refractivity contribution is -0.148. The number of nitrogens with one attached hydrogen (secondary N) is 1. The van der Waals surface area contributed by atoms with Gasteiger partial charge in [0.05, 0.1) is 7.11 Å². The topological polar surface area (TPSA) is 41.6 Å². The van der Waals surface area contributed by atoms with Gasteiger partial charge in [-0.1, -0.05) is 27.7 Å². The van der Waals surface area contributed by atoms with Gasteiger partial charge in [-0.15, -0.1) is 0 Å². The van der Waals surface area contributed by atoms with Crippen LogP contribution in [0.5, 0.6) is 0 Å². The van der Waals surface area contributed by atoms with E-state index in [0.717, 1.165) is 26.2 Å². The van der Waals surface area contributed by atoms with Crippen molar-refractivity contribution in [2.24, 2.45) is 11.3 Å². The van der Waals surface area contributed by atoms with Gasteiger partial charge in [0.15, 0.2) is 0 Å². The third kappa shape index (κ3) is 4.18. The predicted octanol–water partition coefficient (Wildman–Crippen LogP) is 1.90. The third-order valence-corrected chi connectivity index (χ3v) is 4.24. The highest BCUT2D eigenvalue weighted by molar-refractivity contribution is 5.80. The molecular weight excluding hydrogens is 240 g/mol. The first kappa shape index (κ1) is 16.4. The van der Waals surface area contributed by atoms with Gasteiger partial charge in [-0.2, -0.15) is 0 Å². The fourth-order valence-electron chi connectivity index (χ4n) is 2.94.